The van der Waals surface area contributed by atoms with E-state index in [2.05, 4.69) is 31.1 Å². The quantitative estimate of drug-likeness (QED) is 0.616. The van der Waals surface area contributed by atoms with Gasteiger partial charge in [-0.1, -0.05) is 20.3 Å². The zero-order valence-electron chi connectivity index (χ0n) is 9.34. The molecule has 1 N–H and O–H groups in total. The van der Waals surface area contributed by atoms with Crippen LogP contribution in [-0.2, 0) is 0 Å². The first kappa shape index (κ1) is 11.0. The fourth-order valence-electron chi connectivity index (χ4n) is 2.26. The van der Waals surface area contributed by atoms with Crippen LogP contribution in [-0.4, -0.2) is 37.6 Å². The summed E-state index contributed by atoms with van der Waals surface area (Å²) in [5.74, 6) is 0.957. The average molecular weight is 184 g/mol. The van der Waals surface area contributed by atoms with E-state index in [1.54, 1.807) is 0 Å². The lowest BCUT2D eigenvalue weighted by Gasteiger charge is -2.24. The summed E-state index contributed by atoms with van der Waals surface area (Å²) >= 11 is 0. The van der Waals surface area contributed by atoms with Crippen LogP contribution in [0.25, 0.3) is 0 Å². The van der Waals surface area contributed by atoms with Crippen LogP contribution in [0.5, 0.6) is 0 Å². The van der Waals surface area contributed by atoms with Gasteiger partial charge in [0.25, 0.3) is 0 Å². The van der Waals surface area contributed by atoms with Crippen LogP contribution in [0, 0.1) is 5.92 Å². The number of hydrogen-bond donors (Lipinski definition) is 1. The van der Waals surface area contributed by atoms with Crippen LogP contribution in [0.1, 0.15) is 33.1 Å². The fraction of sp³-hybridized carbons (Fsp3) is 1.00. The van der Waals surface area contributed by atoms with E-state index < -0.39 is 0 Å². The molecule has 0 aromatic rings. The summed E-state index contributed by atoms with van der Waals surface area (Å²) in [6.45, 7) is 8.08. The molecule has 0 bridgehead atoms. The number of nitrogens with zero attached hydrogens (tertiary/aromatic N) is 1. The molecule has 0 radical (unpaired) electrons. The lowest BCUT2D eigenvalue weighted by molar-refractivity contribution is 0.338. The predicted octanol–water partition coefficient (Wildman–Crippen LogP) is 1.72. The molecule has 0 aromatic carbocycles. The molecule has 13 heavy (non-hydrogen) atoms. The number of rotatable bonds is 0. The molecule has 2 heterocycles. The van der Waals surface area contributed by atoms with Gasteiger partial charge in [-0.15, -0.1) is 0 Å². The summed E-state index contributed by atoms with van der Waals surface area (Å²) in [4.78, 5) is 2.44. The lowest BCUT2D eigenvalue weighted by atomic mass is 9.94. The smallest absolute Gasteiger partial charge is 0.0235 e. The Hall–Kier alpha value is -0.0800. The Kier molecular flexibility index (Phi) is 4.74. The van der Waals surface area contributed by atoms with Crippen molar-refractivity contribution >= 4 is 0 Å². The molecule has 2 rings (SSSR count). The highest BCUT2D eigenvalue weighted by Crippen LogP contribution is 2.23. The standard InChI is InChI=1S/C8H16N2.C3H8/c1-10-5-7-3-2-4-9-8(7)6-10;1-3-2/h7-9H,2-6H2,1H3;3H2,1-2H3. The zero-order chi connectivity index (χ0) is 9.68. The van der Waals surface area contributed by atoms with Crippen molar-refractivity contribution in [3.63, 3.8) is 0 Å². The largest absolute Gasteiger partial charge is 0.312 e. The molecule has 2 aliphatic heterocycles. The van der Waals surface area contributed by atoms with E-state index in [-0.39, 0.29) is 0 Å². The number of fused-ring (bicyclic) bond motifs is 1. The maximum absolute atomic E-state index is 3.57. The van der Waals surface area contributed by atoms with Crippen molar-refractivity contribution in [2.75, 3.05) is 26.7 Å². The van der Waals surface area contributed by atoms with Gasteiger partial charge >= 0.3 is 0 Å². The zero-order valence-corrected chi connectivity index (χ0v) is 9.34. The molecule has 0 spiro atoms. The van der Waals surface area contributed by atoms with Crippen molar-refractivity contribution in [3.8, 4) is 0 Å². The SMILES string of the molecule is CCC.CN1CC2CCCNC2C1. The highest BCUT2D eigenvalue weighted by molar-refractivity contribution is 4.90. The highest BCUT2D eigenvalue weighted by atomic mass is 15.2. The van der Waals surface area contributed by atoms with Crippen molar-refractivity contribution in [1.82, 2.24) is 10.2 Å². The van der Waals surface area contributed by atoms with Crippen molar-refractivity contribution in [2.24, 2.45) is 5.92 Å². The molecular weight excluding hydrogens is 160 g/mol. The average Bonchev–Trinajstić information content (AvgIpc) is 2.45. The summed E-state index contributed by atoms with van der Waals surface area (Å²) in [6, 6.07) is 0.818. The summed E-state index contributed by atoms with van der Waals surface area (Å²) in [7, 11) is 2.22. The van der Waals surface area contributed by atoms with Crippen LogP contribution in [0.2, 0.25) is 0 Å². The van der Waals surface area contributed by atoms with Crippen molar-refractivity contribution in [3.05, 3.63) is 0 Å². The Bertz CT molecular complexity index is 122. The number of nitrogens with one attached hydrogen (secondary N) is 1. The van der Waals surface area contributed by atoms with Gasteiger partial charge in [0.15, 0.2) is 0 Å². The van der Waals surface area contributed by atoms with Gasteiger partial charge in [0.05, 0.1) is 0 Å². The van der Waals surface area contributed by atoms with Gasteiger partial charge in [0, 0.05) is 19.1 Å². The minimum Gasteiger partial charge on any atom is -0.312 e. The Morgan fingerprint density at radius 3 is 2.62 bits per heavy atom. The lowest BCUT2D eigenvalue weighted by Crippen LogP contribution is -2.40. The van der Waals surface area contributed by atoms with Gasteiger partial charge < -0.3 is 10.2 Å². The van der Waals surface area contributed by atoms with Crippen molar-refractivity contribution in [1.29, 1.82) is 0 Å². The molecule has 2 nitrogen and oxygen atoms in total. The van der Waals surface area contributed by atoms with Crippen LogP contribution >= 0.6 is 0 Å². The first-order valence-electron chi connectivity index (χ1n) is 5.69. The topological polar surface area (TPSA) is 15.3 Å². The van der Waals surface area contributed by atoms with Crippen molar-refractivity contribution < 1.29 is 0 Å². The van der Waals surface area contributed by atoms with E-state index in [0.717, 1.165) is 12.0 Å². The molecule has 2 aliphatic rings. The molecule has 0 aromatic heterocycles. The number of hydrogen-bond acceptors (Lipinski definition) is 2. The van der Waals surface area contributed by atoms with E-state index in [0.29, 0.717) is 0 Å². The van der Waals surface area contributed by atoms with Crippen molar-refractivity contribution in [2.45, 2.75) is 39.2 Å². The third kappa shape index (κ3) is 3.28. The second-order valence-electron chi connectivity index (χ2n) is 4.39. The van der Waals surface area contributed by atoms with Gasteiger partial charge in [-0.2, -0.15) is 0 Å². The molecule has 0 aliphatic carbocycles. The molecule has 2 heteroatoms. The predicted molar refractivity (Wildman–Crippen MR) is 58.0 cm³/mol. The van der Waals surface area contributed by atoms with Gasteiger partial charge in [0.2, 0.25) is 0 Å². The third-order valence-electron chi connectivity index (χ3n) is 2.78. The monoisotopic (exact) mass is 184 g/mol. The minimum atomic E-state index is 0.818. The van der Waals surface area contributed by atoms with Crippen LogP contribution in [0.4, 0.5) is 0 Å². The molecule has 2 fully saturated rings. The summed E-state index contributed by atoms with van der Waals surface area (Å²) in [5.41, 5.74) is 0. The highest BCUT2D eigenvalue weighted by Gasteiger charge is 2.31. The van der Waals surface area contributed by atoms with Gasteiger partial charge in [-0.25, -0.2) is 0 Å². The molecule has 2 unspecified atom stereocenters. The molecule has 2 saturated heterocycles. The first-order chi connectivity index (χ1) is 6.27. The van der Waals surface area contributed by atoms with Crippen LogP contribution < -0.4 is 5.32 Å². The maximum Gasteiger partial charge on any atom is 0.0235 e. The Morgan fingerprint density at radius 1 is 1.31 bits per heavy atom. The molecule has 0 amide bonds. The molecule has 78 valence electrons. The first-order valence-corrected chi connectivity index (χ1v) is 5.69. The Balaban J connectivity index is 0.000000251. The molecule has 0 saturated carbocycles. The van der Waals surface area contributed by atoms with E-state index in [9.17, 15) is 0 Å². The van der Waals surface area contributed by atoms with E-state index in [1.165, 1.54) is 38.9 Å². The normalized spacial score (nSPS) is 33.5. The van der Waals surface area contributed by atoms with Gasteiger partial charge in [0.1, 0.15) is 0 Å². The van der Waals surface area contributed by atoms with E-state index >= 15 is 0 Å². The second-order valence-corrected chi connectivity index (χ2v) is 4.39. The fourth-order valence-corrected chi connectivity index (χ4v) is 2.26. The number of likely N-dealkylation sites (N-methyl/N-ethyl adjacent to an activating group) is 1. The van der Waals surface area contributed by atoms with Gasteiger partial charge in [-0.3, -0.25) is 0 Å². The summed E-state index contributed by atoms with van der Waals surface area (Å²) in [6.07, 6.45) is 4.08. The molecular formula is C11H24N2. The Morgan fingerprint density at radius 2 is 2.00 bits per heavy atom. The van der Waals surface area contributed by atoms with Crippen LogP contribution in [0.15, 0.2) is 0 Å². The number of likely N-dealkylation sites (tertiary alicyclic amines) is 1. The number of piperidine rings is 1. The van der Waals surface area contributed by atoms with Crippen LogP contribution in [0.3, 0.4) is 0 Å². The molecule has 2 atom stereocenters. The minimum absolute atomic E-state index is 0.818. The maximum atomic E-state index is 3.57. The van der Waals surface area contributed by atoms with Gasteiger partial charge in [-0.05, 0) is 32.4 Å². The van der Waals surface area contributed by atoms with E-state index in [1.807, 2.05) is 0 Å². The third-order valence-corrected chi connectivity index (χ3v) is 2.78. The second kappa shape index (κ2) is 5.61. The summed E-state index contributed by atoms with van der Waals surface area (Å²) < 4.78 is 0. The summed E-state index contributed by atoms with van der Waals surface area (Å²) in [5, 5.41) is 3.57. The Labute approximate surface area is 82.7 Å². The van der Waals surface area contributed by atoms with E-state index in [4.69, 9.17) is 0 Å².